The van der Waals surface area contributed by atoms with Gasteiger partial charge < -0.3 is 11.1 Å². The quantitative estimate of drug-likeness (QED) is 0.555. The van der Waals surface area contributed by atoms with E-state index >= 15 is 0 Å². The van der Waals surface area contributed by atoms with E-state index in [0.29, 0.717) is 0 Å². The van der Waals surface area contributed by atoms with E-state index in [1.165, 1.54) is 12.1 Å². The topological polar surface area (TPSA) is 68.2 Å². The SMILES string of the molecule is C[C@@H](CNc1ccc(-c2ccn3nc(N)nc3c2)cc1)c1ccc(F)cc1. The lowest BCUT2D eigenvalue weighted by atomic mass is 10.0. The fourth-order valence-electron chi connectivity index (χ4n) is 3.04. The Balaban J connectivity index is 1.44. The maximum Gasteiger partial charge on any atom is 0.240 e. The summed E-state index contributed by atoms with van der Waals surface area (Å²) >= 11 is 0. The van der Waals surface area contributed by atoms with Crippen LogP contribution >= 0.6 is 0 Å². The monoisotopic (exact) mass is 361 g/mol. The third-order valence-electron chi connectivity index (χ3n) is 4.62. The van der Waals surface area contributed by atoms with Crippen LogP contribution in [0.2, 0.25) is 0 Å². The molecule has 5 nitrogen and oxygen atoms in total. The molecule has 2 aromatic heterocycles. The van der Waals surface area contributed by atoms with Crippen LogP contribution in [0.1, 0.15) is 18.4 Å². The highest BCUT2D eigenvalue weighted by Gasteiger charge is 2.07. The fraction of sp³-hybridized carbons (Fsp3) is 0.143. The number of pyridine rings is 1. The number of fused-ring (bicyclic) bond motifs is 1. The summed E-state index contributed by atoms with van der Waals surface area (Å²) in [5.74, 6) is 0.342. The maximum atomic E-state index is 13.0. The number of hydrogen-bond acceptors (Lipinski definition) is 4. The number of nitrogens with one attached hydrogen (secondary N) is 1. The summed E-state index contributed by atoms with van der Waals surface area (Å²) in [6.45, 7) is 2.89. The summed E-state index contributed by atoms with van der Waals surface area (Å²) in [7, 11) is 0. The molecule has 4 rings (SSSR count). The predicted octanol–water partition coefficient (Wildman–Crippen LogP) is 4.33. The van der Waals surface area contributed by atoms with E-state index in [4.69, 9.17) is 5.73 Å². The number of benzene rings is 2. The molecule has 27 heavy (non-hydrogen) atoms. The van der Waals surface area contributed by atoms with Gasteiger partial charge in [-0.25, -0.2) is 8.91 Å². The minimum absolute atomic E-state index is 0.207. The van der Waals surface area contributed by atoms with Gasteiger partial charge in [0.25, 0.3) is 0 Å². The molecule has 0 fully saturated rings. The van der Waals surface area contributed by atoms with Crippen molar-refractivity contribution in [2.45, 2.75) is 12.8 Å². The van der Waals surface area contributed by atoms with Gasteiger partial charge in [0.1, 0.15) is 5.82 Å². The van der Waals surface area contributed by atoms with Gasteiger partial charge in [-0.15, -0.1) is 5.10 Å². The van der Waals surface area contributed by atoms with Gasteiger partial charge >= 0.3 is 0 Å². The third-order valence-corrected chi connectivity index (χ3v) is 4.62. The van der Waals surface area contributed by atoms with Crippen molar-refractivity contribution < 1.29 is 4.39 Å². The first-order valence-electron chi connectivity index (χ1n) is 8.80. The summed E-state index contributed by atoms with van der Waals surface area (Å²) in [4.78, 5) is 4.19. The Morgan fingerprint density at radius 3 is 2.52 bits per heavy atom. The molecule has 3 N–H and O–H groups in total. The molecule has 0 aliphatic heterocycles. The zero-order valence-corrected chi connectivity index (χ0v) is 14.9. The van der Waals surface area contributed by atoms with E-state index in [1.54, 1.807) is 4.52 Å². The molecule has 1 atom stereocenters. The molecule has 0 spiro atoms. The lowest BCUT2D eigenvalue weighted by molar-refractivity contribution is 0.626. The summed E-state index contributed by atoms with van der Waals surface area (Å²) in [5.41, 5.74) is 10.7. The van der Waals surface area contributed by atoms with Crippen molar-refractivity contribution in [3.63, 3.8) is 0 Å². The number of aromatic nitrogens is 3. The first kappa shape index (κ1) is 17.0. The number of rotatable bonds is 5. The van der Waals surface area contributed by atoms with Crippen molar-refractivity contribution >= 4 is 17.3 Å². The Kier molecular flexibility index (Phi) is 4.46. The highest BCUT2D eigenvalue weighted by atomic mass is 19.1. The predicted molar refractivity (Wildman–Crippen MR) is 106 cm³/mol. The zero-order valence-electron chi connectivity index (χ0n) is 14.9. The van der Waals surface area contributed by atoms with Gasteiger partial charge in [0.05, 0.1) is 0 Å². The second kappa shape index (κ2) is 7.07. The minimum atomic E-state index is -0.207. The van der Waals surface area contributed by atoms with Crippen LogP contribution in [0, 0.1) is 5.82 Å². The van der Waals surface area contributed by atoms with Gasteiger partial charge in [-0.05, 0) is 59.0 Å². The van der Waals surface area contributed by atoms with Crippen LogP contribution in [0.4, 0.5) is 16.0 Å². The molecule has 0 saturated heterocycles. The molecule has 0 bridgehead atoms. The molecule has 0 aliphatic rings. The molecule has 2 aromatic carbocycles. The van der Waals surface area contributed by atoms with E-state index in [-0.39, 0.29) is 17.7 Å². The molecule has 0 radical (unpaired) electrons. The molecular weight excluding hydrogens is 341 g/mol. The van der Waals surface area contributed by atoms with Crippen LogP contribution in [0.5, 0.6) is 0 Å². The molecular formula is C21H20FN5. The van der Waals surface area contributed by atoms with Gasteiger partial charge in [-0.2, -0.15) is 4.98 Å². The van der Waals surface area contributed by atoms with Gasteiger partial charge in [0.2, 0.25) is 5.95 Å². The van der Waals surface area contributed by atoms with Crippen LogP contribution in [0.15, 0.2) is 66.9 Å². The van der Waals surface area contributed by atoms with Crippen LogP contribution in [0.25, 0.3) is 16.8 Å². The van der Waals surface area contributed by atoms with Crippen molar-refractivity contribution in [1.29, 1.82) is 0 Å². The van der Waals surface area contributed by atoms with Gasteiger partial charge in [0.15, 0.2) is 5.65 Å². The molecule has 2 heterocycles. The minimum Gasteiger partial charge on any atom is -0.384 e. The van der Waals surface area contributed by atoms with Gasteiger partial charge in [-0.1, -0.05) is 31.2 Å². The number of nitrogens with two attached hydrogens (primary N) is 1. The fourth-order valence-corrected chi connectivity index (χ4v) is 3.04. The Bertz CT molecular complexity index is 1050. The number of nitrogens with zero attached hydrogens (tertiary/aromatic N) is 3. The summed E-state index contributed by atoms with van der Waals surface area (Å²) < 4.78 is 14.7. The lowest BCUT2D eigenvalue weighted by Gasteiger charge is -2.14. The average molecular weight is 361 g/mol. The summed E-state index contributed by atoms with van der Waals surface area (Å²) in [6, 6.07) is 18.8. The molecule has 0 amide bonds. The van der Waals surface area contributed by atoms with Crippen molar-refractivity contribution in [3.8, 4) is 11.1 Å². The highest BCUT2D eigenvalue weighted by molar-refractivity contribution is 5.69. The summed E-state index contributed by atoms with van der Waals surface area (Å²) in [6.07, 6.45) is 1.85. The van der Waals surface area contributed by atoms with Crippen LogP contribution in [0.3, 0.4) is 0 Å². The highest BCUT2D eigenvalue weighted by Crippen LogP contribution is 2.23. The molecule has 6 heteroatoms. The van der Waals surface area contributed by atoms with Crippen molar-refractivity contribution in [2.75, 3.05) is 17.6 Å². The summed E-state index contributed by atoms with van der Waals surface area (Å²) in [5, 5.41) is 7.52. The van der Waals surface area contributed by atoms with E-state index < -0.39 is 0 Å². The smallest absolute Gasteiger partial charge is 0.240 e. The lowest BCUT2D eigenvalue weighted by Crippen LogP contribution is -2.09. The van der Waals surface area contributed by atoms with E-state index in [2.05, 4.69) is 46.6 Å². The van der Waals surface area contributed by atoms with E-state index in [1.807, 2.05) is 30.5 Å². The standard InChI is InChI=1S/C21H20FN5/c1-14(15-2-6-18(22)7-3-15)13-24-19-8-4-16(5-9-19)17-10-11-27-20(12-17)25-21(23)26-27/h2-12,14,24H,13H2,1H3,(H2,23,26)/t14-/m0/s1. The average Bonchev–Trinajstić information content (AvgIpc) is 3.06. The Morgan fingerprint density at radius 1 is 1.04 bits per heavy atom. The molecule has 136 valence electrons. The third kappa shape index (κ3) is 3.74. The Morgan fingerprint density at radius 2 is 1.78 bits per heavy atom. The molecule has 0 saturated carbocycles. The largest absolute Gasteiger partial charge is 0.384 e. The maximum absolute atomic E-state index is 13.0. The number of hydrogen-bond donors (Lipinski definition) is 2. The Labute approximate surface area is 156 Å². The van der Waals surface area contributed by atoms with E-state index in [9.17, 15) is 4.39 Å². The normalized spacial score (nSPS) is 12.2. The second-order valence-electron chi connectivity index (χ2n) is 6.60. The number of anilines is 2. The van der Waals surface area contributed by atoms with Crippen molar-refractivity contribution in [2.24, 2.45) is 0 Å². The second-order valence-corrected chi connectivity index (χ2v) is 6.60. The molecule has 0 unspecified atom stereocenters. The number of nitrogen functional groups attached to an aromatic ring is 1. The first-order chi connectivity index (χ1) is 13.1. The zero-order chi connectivity index (χ0) is 18.8. The molecule has 0 aliphatic carbocycles. The van der Waals surface area contributed by atoms with Crippen LogP contribution < -0.4 is 11.1 Å². The van der Waals surface area contributed by atoms with Crippen LogP contribution in [-0.2, 0) is 0 Å². The number of halogens is 1. The van der Waals surface area contributed by atoms with Gasteiger partial charge in [0, 0.05) is 18.4 Å². The van der Waals surface area contributed by atoms with Crippen LogP contribution in [-0.4, -0.2) is 21.1 Å². The van der Waals surface area contributed by atoms with E-state index in [0.717, 1.165) is 34.6 Å². The Hall–Kier alpha value is -3.41. The van der Waals surface area contributed by atoms with Gasteiger partial charge in [-0.3, -0.25) is 0 Å². The van der Waals surface area contributed by atoms with Crippen molar-refractivity contribution in [1.82, 2.24) is 14.6 Å². The first-order valence-corrected chi connectivity index (χ1v) is 8.80. The van der Waals surface area contributed by atoms with Crippen molar-refractivity contribution in [3.05, 3.63) is 78.2 Å². The molecule has 4 aromatic rings.